The fourth-order valence-electron chi connectivity index (χ4n) is 3.99. The van der Waals surface area contributed by atoms with Crippen molar-refractivity contribution in [3.8, 4) is 0 Å². The molecule has 0 aromatic heterocycles. The number of hydrogen-bond donors (Lipinski definition) is 2. The van der Waals surface area contributed by atoms with Crippen molar-refractivity contribution in [1.29, 1.82) is 0 Å². The molecule has 0 amide bonds. The molecule has 0 heterocycles. The predicted octanol–water partition coefficient (Wildman–Crippen LogP) is 4.16. The van der Waals surface area contributed by atoms with Crippen LogP contribution in [0.4, 0.5) is 0 Å². The molecular weight excluding hydrogens is 336 g/mol. The number of nitrogens with zero attached hydrogens (tertiary/aromatic N) is 2. The van der Waals surface area contributed by atoms with E-state index in [1.807, 2.05) is 0 Å². The van der Waals surface area contributed by atoms with Crippen molar-refractivity contribution in [3.63, 3.8) is 0 Å². The summed E-state index contributed by atoms with van der Waals surface area (Å²) in [5, 5.41) is 0. The Morgan fingerprint density at radius 3 is 1.22 bits per heavy atom. The van der Waals surface area contributed by atoms with E-state index in [9.17, 15) is 0 Å². The van der Waals surface area contributed by atoms with Gasteiger partial charge in [0.05, 0.1) is 0 Å². The van der Waals surface area contributed by atoms with Crippen LogP contribution in [0.25, 0.3) is 0 Å². The minimum atomic E-state index is -0.327. The van der Waals surface area contributed by atoms with Crippen LogP contribution < -0.4 is 11.5 Å². The van der Waals surface area contributed by atoms with Gasteiger partial charge in [0.15, 0.2) is 0 Å². The summed E-state index contributed by atoms with van der Waals surface area (Å²) < 4.78 is 7.08. The van der Waals surface area contributed by atoms with Gasteiger partial charge in [-0.25, -0.2) is 0 Å². The molecule has 164 valence electrons. The highest BCUT2D eigenvalue weighted by molar-refractivity contribution is 4.87. The van der Waals surface area contributed by atoms with Gasteiger partial charge in [0.25, 0.3) is 0 Å². The standard InChI is InChI=1S/C22H50N4O/c1-7-9-11-13-15-21(17-19-23,25(3)4)27-22(18-20-24,26(5)6)16-14-12-10-8-2/h7-20,23-24H2,1-6H3. The fourth-order valence-corrected chi connectivity index (χ4v) is 3.99. The minimum Gasteiger partial charge on any atom is -0.339 e. The van der Waals surface area contributed by atoms with Gasteiger partial charge < -0.3 is 16.2 Å². The molecule has 0 rings (SSSR count). The zero-order valence-corrected chi connectivity index (χ0v) is 19.4. The van der Waals surface area contributed by atoms with Gasteiger partial charge in [-0.2, -0.15) is 0 Å². The highest BCUT2D eigenvalue weighted by Gasteiger charge is 2.43. The Balaban J connectivity index is 5.50. The fraction of sp³-hybridized carbons (Fsp3) is 1.00. The van der Waals surface area contributed by atoms with Gasteiger partial charge in [-0.15, -0.1) is 0 Å². The highest BCUT2D eigenvalue weighted by atomic mass is 16.6. The van der Waals surface area contributed by atoms with E-state index >= 15 is 0 Å². The van der Waals surface area contributed by atoms with Gasteiger partial charge in [-0.1, -0.05) is 52.4 Å². The Morgan fingerprint density at radius 1 is 0.593 bits per heavy atom. The molecule has 0 aliphatic heterocycles. The molecule has 27 heavy (non-hydrogen) atoms. The van der Waals surface area contributed by atoms with Gasteiger partial charge in [-0.05, 0) is 67.0 Å². The molecule has 0 saturated carbocycles. The summed E-state index contributed by atoms with van der Waals surface area (Å²) in [5.74, 6) is 0. The number of hydrogen-bond acceptors (Lipinski definition) is 5. The van der Waals surface area contributed by atoms with Crippen LogP contribution >= 0.6 is 0 Å². The second kappa shape index (κ2) is 14.7. The molecule has 0 saturated heterocycles. The summed E-state index contributed by atoms with van der Waals surface area (Å²) in [5.41, 5.74) is 11.4. The maximum atomic E-state index is 7.08. The molecule has 5 heteroatoms. The molecule has 0 fully saturated rings. The Kier molecular flexibility index (Phi) is 14.6. The van der Waals surface area contributed by atoms with Gasteiger partial charge in [0, 0.05) is 12.8 Å². The number of rotatable bonds is 18. The first-order valence-corrected chi connectivity index (χ1v) is 11.3. The lowest BCUT2D eigenvalue weighted by atomic mass is 9.94. The van der Waals surface area contributed by atoms with Crippen molar-refractivity contribution < 1.29 is 4.74 Å². The molecular formula is C22H50N4O. The van der Waals surface area contributed by atoms with Gasteiger partial charge >= 0.3 is 0 Å². The first kappa shape index (κ1) is 26.8. The number of nitrogens with two attached hydrogens (primary N) is 2. The molecule has 0 bridgehead atoms. The lowest BCUT2D eigenvalue weighted by molar-refractivity contribution is -0.272. The second-order valence-corrected chi connectivity index (χ2v) is 8.48. The van der Waals surface area contributed by atoms with Gasteiger partial charge in [0.1, 0.15) is 11.4 Å². The lowest BCUT2D eigenvalue weighted by Crippen LogP contribution is -2.59. The molecule has 2 atom stereocenters. The van der Waals surface area contributed by atoms with Crippen LogP contribution in [0.2, 0.25) is 0 Å². The molecule has 5 nitrogen and oxygen atoms in total. The third kappa shape index (κ3) is 9.23. The number of ether oxygens (including phenoxy) is 1. The summed E-state index contributed by atoms with van der Waals surface area (Å²) in [6.07, 6.45) is 13.7. The van der Waals surface area contributed by atoms with E-state index in [-0.39, 0.29) is 11.4 Å². The first-order valence-electron chi connectivity index (χ1n) is 11.3. The molecule has 0 aromatic rings. The summed E-state index contributed by atoms with van der Waals surface area (Å²) in [6, 6.07) is 0. The summed E-state index contributed by atoms with van der Waals surface area (Å²) in [6.45, 7) is 5.77. The molecule has 0 aliphatic rings. The topological polar surface area (TPSA) is 67.7 Å². The van der Waals surface area contributed by atoms with E-state index in [1.165, 1.54) is 51.4 Å². The second-order valence-electron chi connectivity index (χ2n) is 8.48. The molecule has 0 radical (unpaired) electrons. The average molecular weight is 387 g/mol. The van der Waals surface area contributed by atoms with Crippen molar-refractivity contribution in [3.05, 3.63) is 0 Å². The molecule has 0 aliphatic carbocycles. The highest BCUT2D eigenvalue weighted by Crippen LogP contribution is 2.37. The van der Waals surface area contributed by atoms with Crippen molar-refractivity contribution in [2.45, 2.75) is 102 Å². The molecule has 2 unspecified atom stereocenters. The zero-order valence-electron chi connectivity index (χ0n) is 19.4. The van der Waals surface area contributed by atoms with E-state index in [0.29, 0.717) is 13.1 Å². The first-order chi connectivity index (χ1) is 12.8. The van der Waals surface area contributed by atoms with Crippen LogP contribution in [0.5, 0.6) is 0 Å². The summed E-state index contributed by atoms with van der Waals surface area (Å²) in [7, 11) is 8.54. The third-order valence-electron chi connectivity index (χ3n) is 5.92. The largest absolute Gasteiger partial charge is 0.339 e. The Bertz CT molecular complexity index is 319. The summed E-state index contributed by atoms with van der Waals surface area (Å²) in [4.78, 5) is 4.51. The molecule has 4 N–H and O–H groups in total. The van der Waals surface area contributed by atoms with Crippen molar-refractivity contribution >= 4 is 0 Å². The van der Waals surface area contributed by atoms with Crippen LogP contribution in [0.3, 0.4) is 0 Å². The van der Waals surface area contributed by atoms with Crippen LogP contribution in [0, 0.1) is 0 Å². The van der Waals surface area contributed by atoms with Gasteiger partial charge in [0.2, 0.25) is 0 Å². The van der Waals surface area contributed by atoms with Crippen molar-refractivity contribution in [2.24, 2.45) is 11.5 Å². The normalized spacial score (nSPS) is 16.7. The van der Waals surface area contributed by atoms with Crippen molar-refractivity contribution in [2.75, 3.05) is 41.3 Å². The Labute approximate surface area is 170 Å². The van der Waals surface area contributed by atoms with Crippen LogP contribution in [-0.4, -0.2) is 62.5 Å². The lowest BCUT2D eigenvalue weighted by Gasteiger charge is -2.50. The van der Waals surface area contributed by atoms with E-state index in [2.05, 4.69) is 51.8 Å². The molecule has 0 spiro atoms. The average Bonchev–Trinajstić information content (AvgIpc) is 2.62. The van der Waals surface area contributed by atoms with Crippen LogP contribution in [0.1, 0.15) is 90.9 Å². The Morgan fingerprint density at radius 2 is 0.963 bits per heavy atom. The van der Waals surface area contributed by atoms with Crippen LogP contribution in [0.15, 0.2) is 0 Å². The maximum absolute atomic E-state index is 7.08. The third-order valence-corrected chi connectivity index (χ3v) is 5.92. The number of unbranched alkanes of at least 4 members (excludes halogenated alkanes) is 6. The smallest absolute Gasteiger partial charge is 0.124 e. The predicted molar refractivity (Wildman–Crippen MR) is 119 cm³/mol. The minimum absolute atomic E-state index is 0.327. The molecule has 0 aromatic carbocycles. The quantitative estimate of drug-likeness (QED) is 0.273. The van der Waals surface area contributed by atoms with Gasteiger partial charge in [-0.3, -0.25) is 9.80 Å². The maximum Gasteiger partial charge on any atom is 0.124 e. The monoisotopic (exact) mass is 386 g/mol. The SMILES string of the molecule is CCCCCCC(CCN)(OC(CCN)(CCCCCC)N(C)C)N(C)C. The van der Waals surface area contributed by atoms with Crippen LogP contribution in [-0.2, 0) is 4.74 Å². The van der Waals surface area contributed by atoms with E-state index < -0.39 is 0 Å². The van der Waals surface area contributed by atoms with E-state index in [4.69, 9.17) is 16.2 Å². The summed E-state index contributed by atoms with van der Waals surface area (Å²) >= 11 is 0. The van der Waals surface area contributed by atoms with Crippen molar-refractivity contribution in [1.82, 2.24) is 9.80 Å². The zero-order chi connectivity index (χ0) is 20.8. The Hall–Kier alpha value is -0.200. The van der Waals surface area contributed by atoms with E-state index in [1.54, 1.807) is 0 Å². The van der Waals surface area contributed by atoms with E-state index in [0.717, 1.165) is 25.7 Å².